The molecule has 3 rings (SSSR count). The van der Waals surface area contributed by atoms with Crippen molar-refractivity contribution in [3.8, 4) is 5.75 Å². The number of aliphatic hydroxyl groups excluding tert-OH is 1. The zero-order valence-corrected chi connectivity index (χ0v) is 16.4. The summed E-state index contributed by atoms with van der Waals surface area (Å²) in [6, 6.07) is 20.4. The lowest BCUT2D eigenvalue weighted by molar-refractivity contribution is 0.0622. The van der Waals surface area contributed by atoms with Crippen LogP contribution < -0.4 is 4.74 Å². The van der Waals surface area contributed by atoms with E-state index in [4.69, 9.17) is 4.74 Å². The maximum atomic E-state index is 14.1. The maximum absolute atomic E-state index is 14.1. The summed E-state index contributed by atoms with van der Waals surface area (Å²) in [4.78, 5) is 1.93. The number of hydrogen-bond donors (Lipinski definition) is 1. The molecule has 0 amide bonds. The number of nitrogens with zero attached hydrogens (tertiary/aromatic N) is 1. The van der Waals surface area contributed by atoms with Crippen LogP contribution in [0.3, 0.4) is 0 Å². The number of aliphatic hydroxyl groups is 1. The van der Waals surface area contributed by atoms with E-state index in [1.165, 1.54) is 18.2 Å². The van der Waals surface area contributed by atoms with Gasteiger partial charge in [0.1, 0.15) is 30.1 Å². The predicted octanol–water partition coefficient (Wildman–Crippen LogP) is 4.72. The molecule has 5 heteroatoms. The van der Waals surface area contributed by atoms with E-state index in [1.54, 1.807) is 30.3 Å². The molecule has 0 radical (unpaired) electrons. The van der Waals surface area contributed by atoms with Gasteiger partial charge in [0.15, 0.2) is 0 Å². The zero-order valence-electron chi connectivity index (χ0n) is 16.4. The van der Waals surface area contributed by atoms with Gasteiger partial charge in [-0.3, -0.25) is 4.90 Å². The van der Waals surface area contributed by atoms with Gasteiger partial charge in [-0.25, -0.2) is 8.78 Å². The second-order valence-corrected chi connectivity index (χ2v) is 7.12. The first-order chi connectivity index (χ1) is 14.0. The van der Waals surface area contributed by atoms with Gasteiger partial charge in [0.25, 0.3) is 0 Å². The minimum absolute atomic E-state index is 0.127. The Balaban J connectivity index is 1.67. The van der Waals surface area contributed by atoms with Crippen LogP contribution >= 0.6 is 0 Å². The molecule has 0 bridgehead atoms. The highest BCUT2D eigenvalue weighted by Crippen LogP contribution is 2.17. The molecular formula is C24H25F2NO2. The van der Waals surface area contributed by atoms with E-state index < -0.39 is 6.10 Å². The lowest BCUT2D eigenvalue weighted by Crippen LogP contribution is -2.35. The Bertz CT molecular complexity index is 915. The summed E-state index contributed by atoms with van der Waals surface area (Å²) < 4.78 is 33.1. The predicted molar refractivity (Wildman–Crippen MR) is 110 cm³/mol. The molecule has 0 aliphatic rings. The van der Waals surface area contributed by atoms with Crippen molar-refractivity contribution < 1.29 is 18.6 Å². The van der Waals surface area contributed by atoms with Crippen LogP contribution in [0.1, 0.15) is 16.7 Å². The second kappa shape index (κ2) is 10.1. The average molecular weight is 397 g/mol. The molecule has 3 aromatic rings. The van der Waals surface area contributed by atoms with E-state index in [2.05, 4.69) is 0 Å². The van der Waals surface area contributed by atoms with Gasteiger partial charge in [-0.1, -0.05) is 48.5 Å². The van der Waals surface area contributed by atoms with Gasteiger partial charge in [0.05, 0.1) is 0 Å². The minimum Gasteiger partial charge on any atom is -0.491 e. The molecule has 1 N–H and O–H groups in total. The van der Waals surface area contributed by atoms with E-state index in [1.807, 2.05) is 36.1 Å². The normalized spacial score (nSPS) is 12.2. The molecule has 152 valence electrons. The van der Waals surface area contributed by atoms with Gasteiger partial charge in [-0.15, -0.1) is 0 Å². The number of ether oxygens (including phenoxy) is 1. The van der Waals surface area contributed by atoms with Crippen molar-refractivity contribution in [2.45, 2.75) is 26.1 Å². The molecule has 0 heterocycles. The quantitative estimate of drug-likeness (QED) is 0.567. The van der Waals surface area contributed by atoms with Crippen molar-refractivity contribution in [2.24, 2.45) is 0 Å². The van der Waals surface area contributed by atoms with E-state index in [-0.39, 0.29) is 24.8 Å². The molecule has 0 unspecified atom stereocenters. The fourth-order valence-electron chi connectivity index (χ4n) is 3.16. The van der Waals surface area contributed by atoms with Gasteiger partial charge in [-0.2, -0.15) is 0 Å². The van der Waals surface area contributed by atoms with Crippen molar-refractivity contribution in [3.05, 3.63) is 101 Å². The Morgan fingerprint density at radius 3 is 2.31 bits per heavy atom. The van der Waals surface area contributed by atoms with Crippen LogP contribution in [-0.4, -0.2) is 29.3 Å². The Labute approximate surface area is 170 Å². The molecule has 3 aromatic carbocycles. The molecule has 0 aliphatic carbocycles. The lowest BCUT2D eigenvalue weighted by atomic mass is 10.1. The molecule has 0 spiro atoms. The number of rotatable bonds is 9. The summed E-state index contributed by atoms with van der Waals surface area (Å²) in [6.07, 6.45) is -0.762. The fraction of sp³-hybridized carbons (Fsp3) is 0.250. The largest absolute Gasteiger partial charge is 0.491 e. The van der Waals surface area contributed by atoms with Crippen LogP contribution in [0.5, 0.6) is 5.75 Å². The second-order valence-electron chi connectivity index (χ2n) is 7.12. The monoisotopic (exact) mass is 397 g/mol. The highest BCUT2D eigenvalue weighted by molar-refractivity contribution is 5.31. The lowest BCUT2D eigenvalue weighted by Gasteiger charge is -2.26. The summed E-state index contributed by atoms with van der Waals surface area (Å²) in [6.45, 7) is 3.14. The number of halogens is 2. The van der Waals surface area contributed by atoms with E-state index >= 15 is 0 Å². The minimum atomic E-state index is -0.762. The summed E-state index contributed by atoms with van der Waals surface area (Å²) in [5.41, 5.74) is 2.42. The van der Waals surface area contributed by atoms with Gasteiger partial charge in [0, 0.05) is 25.2 Å². The van der Waals surface area contributed by atoms with Crippen LogP contribution in [0.4, 0.5) is 8.78 Å². The number of hydrogen-bond acceptors (Lipinski definition) is 3. The highest BCUT2D eigenvalue weighted by atomic mass is 19.1. The molecule has 29 heavy (non-hydrogen) atoms. The Morgan fingerprint density at radius 1 is 0.897 bits per heavy atom. The first-order valence-electron chi connectivity index (χ1n) is 9.58. The summed E-state index contributed by atoms with van der Waals surface area (Å²) >= 11 is 0. The van der Waals surface area contributed by atoms with E-state index in [0.29, 0.717) is 18.7 Å². The first-order valence-corrected chi connectivity index (χ1v) is 9.58. The summed E-state index contributed by atoms with van der Waals surface area (Å²) in [5.74, 6) is 0.133. The maximum Gasteiger partial charge on any atom is 0.127 e. The smallest absolute Gasteiger partial charge is 0.127 e. The molecule has 1 atom stereocenters. The van der Waals surface area contributed by atoms with Gasteiger partial charge in [-0.05, 0) is 42.3 Å². The third-order valence-corrected chi connectivity index (χ3v) is 4.66. The van der Waals surface area contributed by atoms with Crippen LogP contribution in [0.25, 0.3) is 0 Å². The Hall–Kier alpha value is -2.76. The molecule has 0 saturated carbocycles. The molecule has 3 nitrogen and oxygen atoms in total. The summed E-state index contributed by atoms with van der Waals surface area (Å²) in [7, 11) is 0. The highest BCUT2D eigenvalue weighted by Gasteiger charge is 2.16. The topological polar surface area (TPSA) is 32.7 Å². The first kappa shape index (κ1) is 21.0. The van der Waals surface area contributed by atoms with Crippen molar-refractivity contribution in [3.63, 3.8) is 0 Å². The number of benzene rings is 3. The van der Waals surface area contributed by atoms with E-state index in [0.717, 1.165) is 16.9 Å². The van der Waals surface area contributed by atoms with Crippen LogP contribution in [0.15, 0.2) is 72.8 Å². The van der Waals surface area contributed by atoms with E-state index in [9.17, 15) is 13.9 Å². The molecule has 0 saturated heterocycles. The standard InChI is InChI=1S/C24H25F2NO2/c1-18-6-2-5-9-24(18)29-17-22(28)16-27(14-19-10-12-21(25)13-11-19)15-20-7-3-4-8-23(20)26/h2-13,22,28H,14-17H2,1H3/t22-/m0/s1. The van der Waals surface area contributed by atoms with Gasteiger partial charge >= 0.3 is 0 Å². The van der Waals surface area contributed by atoms with Crippen LogP contribution in [-0.2, 0) is 13.1 Å². The van der Waals surface area contributed by atoms with Gasteiger partial charge < -0.3 is 9.84 Å². The van der Waals surface area contributed by atoms with Crippen LogP contribution in [0.2, 0.25) is 0 Å². The Kier molecular flexibility index (Phi) is 7.33. The Morgan fingerprint density at radius 2 is 1.59 bits per heavy atom. The third-order valence-electron chi connectivity index (χ3n) is 4.66. The van der Waals surface area contributed by atoms with Crippen molar-refractivity contribution in [1.29, 1.82) is 0 Å². The fourth-order valence-corrected chi connectivity index (χ4v) is 3.16. The van der Waals surface area contributed by atoms with Gasteiger partial charge in [0.2, 0.25) is 0 Å². The number of aryl methyl sites for hydroxylation is 1. The van der Waals surface area contributed by atoms with Crippen molar-refractivity contribution in [2.75, 3.05) is 13.2 Å². The SMILES string of the molecule is Cc1ccccc1OC[C@@H](O)CN(Cc1ccc(F)cc1)Cc1ccccc1F. The molecule has 0 fully saturated rings. The molecular weight excluding hydrogens is 372 g/mol. The third kappa shape index (κ3) is 6.38. The number of para-hydroxylation sites is 1. The zero-order chi connectivity index (χ0) is 20.6. The van der Waals surface area contributed by atoms with Crippen molar-refractivity contribution in [1.82, 2.24) is 4.90 Å². The van der Waals surface area contributed by atoms with Crippen molar-refractivity contribution >= 4 is 0 Å². The summed E-state index contributed by atoms with van der Waals surface area (Å²) in [5, 5.41) is 10.5. The molecule has 0 aliphatic heterocycles. The average Bonchev–Trinajstić information content (AvgIpc) is 2.71. The van der Waals surface area contributed by atoms with Crippen LogP contribution in [0, 0.1) is 18.6 Å². The molecule has 0 aromatic heterocycles.